The van der Waals surface area contributed by atoms with E-state index in [1.165, 1.54) is 32.5 Å². The summed E-state index contributed by atoms with van der Waals surface area (Å²) in [7, 11) is 3.95. The largest absolute Gasteiger partial charge is 0.493 e. The normalized spacial score (nSPS) is 24.5. The monoisotopic (exact) mass is 318 g/mol. The van der Waals surface area contributed by atoms with Gasteiger partial charge in [0.2, 0.25) is 0 Å². The Bertz CT molecular complexity index is 486. The quantitative estimate of drug-likeness (QED) is 0.833. The molecule has 2 heterocycles. The van der Waals surface area contributed by atoms with E-state index in [2.05, 4.69) is 16.8 Å². The smallest absolute Gasteiger partial charge is 0.161 e. The maximum absolute atomic E-state index is 6.17. The van der Waals surface area contributed by atoms with Gasteiger partial charge < -0.3 is 19.3 Å². The summed E-state index contributed by atoms with van der Waals surface area (Å²) in [6, 6.07) is 7.95. The molecule has 1 unspecified atom stereocenters. The molecule has 1 aromatic rings. The average Bonchev–Trinajstić information content (AvgIpc) is 2.57. The summed E-state index contributed by atoms with van der Waals surface area (Å²) in [4.78, 5) is 5.11. The molecule has 128 valence electrons. The number of hydrogen-bond acceptors (Lipinski definition) is 4. The summed E-state index contributed by atoms with van der Waals surface area (Å²) in [5.41, 5.74) is 0. The van der Waals surface area contributed by atoms with Gasteiger partial charge in [-0.1, -0.05) is 12.1 Å². The third-order valence-electron chi connectivity index (χ3n) is 5.14. The van der Waals surface area contributed by atoms with Crippen molar-refractivity contribution in [1.82, 2.24) is 9.80 Å². The molecule has 0 amide bonds. The van der Waals surface area contributed by atoms with Gasteiger partial charge in [-0.15, -0.1) is 0 Å². The number of methoxy groups -OCH3 is 1. The van der Waals surface area contributed by atoms with Crippen molar-refractivity contribution in [2.75, 3.05) is 46.9 Å². The van der Waals surface area contributed by atoms with E-state index in [0.717, 1.165) is 43.3 Å². The molecule has 0 radical (unpaired) electrons. The maximum Gasteiger partial charge on any atom is 0.161 e. The third kappa shape index (κ3) is 4.61. The molecule has 1 aromatic carbocycles. The van der Waals surface area contributed by atoms with Crippen molar-refractivity contribution < 1.29 is 9.47 Å². The minimum absolute atomic E-state index is 0.316. The van der Waals surface area contributed by atoms with E-state index in [1.54, 1.807) is 7.11 Å². The molecule has 4 nitrogen and oxygen atoms in total. The van der Waals surface area contributed by atoms with E-state index in [-0.39, 0.29) is 0 Å². The number of ether oxygens (including phenoxy) is 2. The molecule has 0 aliphatic carbocycles. The predicted octanol–water partition coefficient (Wildman–Crippen LogP) is 2.88. The fraction of sp³-hybridized carbons (Fsp3) is 0.684. The van der Waals surface area contributed by atoms with Gasteiger partial charge >= 0.3 is 0 Å². The Morgan fingerprint density at radius 2 is 1.78 bits per heavy atom. The minimum Gasteiger partial charge on any atom is -0.493 e. The summed E-state index contributed by atoms with van der Waals surface area (Å²) in [5.74, 6) is 2.56. The Morgan fingerprint density at radius 3 is 2.48 bits per heavy atom. The van der Waals surface area contributed by atoms with E-state index in [1.807, 2.05) is 24.3 Å². The van der Waals surface area contributed by atoms with Crippen molar-refractivity contribution in [1.29, 1.82) is 0 Å². The highest BCUT2D eigenvalue weighted by atomic mass is 16.5. The van der Waals surface area contributed by atoms with Crippen LogP contribution in [0.3, 0.4) is 0 Å². The average molecular weight is 318 g/mol. The van der Waals surface area contributed by atoms with Crippen LogP contribution in [0.2, 0.25) is 0 Å². The molecule has 3 rings (SSSR count). The summed E-state index contributed by atoms with van der Waals surface area (Å²) in [6.45, 7) is 6.09. The van der Waals surface area contributed by atoms with Crippen LogP contribution in [0.4, 0.5) is 0 Å². The van der Waals surface area contributed by atoms with Crippen LogP contribution in [0.1, 0.15) is 25.7 Å². The van der Waals surface area contributed by atoms with Crippen molar-refractivity contribution in [2.45, 2.75) is 31.8 Å². The molecule has 0 bridgehead atoms. The highest BCUT2D eigenvalue weighted by Gasteiger charge is 2.25. The van der Waals surface area contributed by atoms with Gasteiger partial charge in [0.1, 0.15) is 6.10 Å². The van der Waals surface area contributed by atoms with Gasteiger partial charge in [0.05, 0.1) is 7.11 Å². The van der Waals surface area contributed by atoms with Gasteiger partial charge in [0.15, 0.2) is 11.5 Å². The highest BCUT2D eigenvalue weighted by Crippen LogP contribution is 2.29. The lowest BCUT2D eigenvalue weighted by Crippen LogP contribution is -2.44. The number of benzene rings is 1. The lowest BCUT2D eigenvalue weighted by molar-refractivity contribution is 0.0770. The van der Waals surface area contributed by atoms with Crippen LogP contribution in [-0.2, 0) is 0 Å². The molecular formula is C19H30N2O2. The number of hydrogen-bond donors (Lipinski definition) is 0. The summed E-state index contributed by atoms with van der Waals surface area (Å²) >= 11 is 0. The lowest BCUT2D eigenvalue weighted by Gasteiger charge is -2.37. The topological polar surface area (TPSA) is 24.9 Å². The Balaban J connectivity index is 1.45. The first-order valence-electron chi connectivity index (χ1n) is 8.95. The molecule has 2 saturated heterocycles. The minimum atomic E-state index is 0.316. The number of para-hydroxylation sites is 2. The van der Waals surface area contributed by atoms with Crippen LogP contribution in [0, 0.1) is 5.92 Å². The summed E-state index contributed by atoms with van der Waals surface area (Å²) in [5, 5.41) is 0. The second kappa shape index (κ2) is 8.02. The molecule has 4 heteroatoms. The first kappa shape index (κ1) is 16.6. The van der Waals surface area contributed by atoms with Crippen LogP contribution in [0.25, 0.3) is 0 Å². The Morgan fingerprint density at radius 1 is 1.04 bits per heavy atom. The molecule has 0 aromatic heterocycles. The second-order valence-electron chi connectivity index (χ2n) is 7.04. The maximum atomic E-state index is 6.17. The van der Waals surface area contributed by atoms with E-state index in [9.17, 15) is 0 Å². The molecule has 0 saturated carbocycles. The number of likely N-dealkylation sites (tertiary alicyclic amines) is 2. The Labute approximate surface area is 140 Å². The van der Waals surface area contributed by atoms with Crippen molar-refractivity contribution >= 4 is 0 Å². The zero-order valence-electron chi connectivity index (χ0n) is 14.5. The molecular weight excluding hydrogens is 288 g/mol. The molecule has 23 heavy (non-hydrogen) atoms. The molecule has 1 atom stereocenters. The van der Waals surface area contributed by atoms with Gasteiger partial charge in [-0.3, -0.25) is 0 Å². The first-order valence-corrected chi connectivity index (χ1v) is 8.95. The van der Waals surface area contributed by atoms with Gasteiger partial charge in [-0.05, 0) is 57.3 Å². The molecule has 0 spiro atoms. The van der Waals surface area contributed by atoms with Crippen molar-refractivity contribution in [3.05, 3.63) is 24.3 Å². The van der Waals surface area contributed by atoms with E-state index in [4.69, 9.17) is 9.47 Å². The van der Waals surface area contributed by atoms with E-state index < -0.39 is 0 Å². The molecule has 2 aliphatic heterocycles. The molecule has 0 N–H and O–H groups in total. The van der Waals surface area contributed by atoms with Crippen LogP contribution in [0.5, 0.6) is 11.5 Å². The Kier molecular flexibility index (Phi) is 5.79. The third-order valence-corrected chi connectivity index (χ3v) is 5.14. The standard InChI is InChI=1S/C19H30N2O2/c1-20-11-5-6-16(14-20)15-21-12-9-17(10-13-21)23-19-8-4-3-7-18(19)22-2/h3-4,7-8,16-17H,5-6,9-15H2,1-2H3. The van der Waals surface area contributed by atoms with Crippen LogP contribution in [0.15, 0.2) is 24.3 Å². The van der Waals surface area contributed by atoms with Crippen LogP contribution < -0.4 is 9.47 Å². The fourth-order valence-corrected chi connectivity index (χ4v) is 3.89. The number of rotatable bonds is 5. The van der Waals surface area contributed by atoms with Gasteiger partial charge in [-0.2, -0.15) is 0 Å². The van der Waals surface area contributed by atoms with Crippen molar-refractivity contribution in [2.24, 2.45) is 5.92 Å². The zero-order chi connectivity index (χ0) is 16.1. The zero-order valence-corrected chi connectivity index (χ0v) is 14.5. The second-order valence-corrected chi connectivity index (χ2v) is 7.04. The fourth-order valence-electron chi connectivity index (χ4n) is 3.89. The van der Waals surface area contributed by atoms with Crippen LogP contribution in [-0.4, -0.2) is 62.8 Å². The molecule has 2 fully saturated rings. The van der Waals surface area contributed by atoms with Gasteiger partial charge in [0.25, 0.3) is 0 Å². The summed E-state index contributed by atoms with van der Waals surface area (Å²) in [6.07, 6.45) is 5.29. The number of piperidine rings is 2. The van der Waals surface area contributed by atoms with Crippen LogP contribution >= 0.6 is 0 Å². The molecule has 2 aliphatic rings. The highest BCUT2D eigenvalue weighted by molar-refractivity contribution is 5.39. The SMILES string of the molecule is COc1ccccc1OC1CCN(CC2CCCN(C)C2)CC1. The summed E-state index contributed by atoms with van der Waals surface area (Å²) < 4.78 is 11.6. The lowest BCUT2D eigenvalue weighted by atomic mass is 9.96. The Hall–Kier alpha value is -1.26. The predicted molar refractivity (Wildman–Crippen MR) is 93.3 cm³/mol. The number of nitrogens with zero attached hydrogens (tertiary/aromatic N) is 2. The van der Waals surface area contributed by atoms with E-state index >= 15 is 0 Å². The first-order chi connectivity index (χ1) is 11.2. The van der Waals surface area contributed by atoms with Gasteiger partial charge in [-0.25, -0.2) is 0 Å². The van der Waals surface area contributed by atoms with Crippen molar-refractivity contribution in [3.63, 3.8) is 0 Å². The van der Waals surface area contributed by atoms with Gasteiger partial charge in [0, 0.05) is 26.2 Å². The van der Waals surface area contributed by atoms with E-state index in [0.29, 0.717) is 6.10 Å². The van der Waals surface area contributed by atoms with Crippen molar-refractivity contribution in [3.8, 4) is 11.5 Å².